The molecule has 4 heteroatoms. The lowest BCUT2D eigenvalue weighted by atomic mass is 10.2. The van der Waals surface area contributed by atoms with Crippen LogP contribution in [-0.2, 0) is 0 Å². The Balaban J connectivity index is 1.66. The highest BCUT2D eigenvalue weighted by atomic mass is 19.1. The van der Waals surface area contributed by atoms with Crippen LogP contribution in [-0.4, -0.2) is 12.4 Å². The summed E-state index contributed by atoms with van der Waals surface area (Å²) in [4.78, 5) is 8.67. The second kappa shape index (κ2) is 7.42. The van der Waals surface area contributed by atoms with Crippen molar-refractivity contribution >= 4 is 23.8 Å². The summed E-state index contributed by atoms with van der Waals surface area (Å²) in [5, 5.41) is 0. The third kappa shape index (κ3) is 4.43. The van der Waals surface area contributed by atoms with Gasteiger partial charge in [0, 0.05) is 12.4 Å². The minimum absolute atomic E-state index is 0.268. The van der Waals surface area contributed by atoms with E-state index < -0.39 is 0 Å². The van der Waals surface area contributed by atoms with Gasteiger partial charge in [0.1, 0.15) is 11.6 Å². The summed E-state index contributed by atoms with van der Waals surface area (Å²) < 4.78 is 25.7. The maximum absolute atomic E-state index is 12.8. The molecule has 0 amide bonds. The van der Waals surface area contributed by atoms with E-state index in [1.165, 1.54) is 24.3 Å². The number of nitrogens with zero attached hydrogens (tertiary/aromatic N) is 2. The average molecular weight is 320 g/mol. The molecule has 0 aliphatic carbocycles. The van der Waals surface area contributed by atoms with E-state index in [1.54, 1.807) is 36.7 Å². The van der Waals surface area contributed by atoms with E-state index in [1.807, 2.05) is 24.3 Å². The molecule has 0 spiro atoms. The van der Waals surface area contributed by atoms with Crippen LogP contribution in [0.15, 0.2) is 82.8 Å². The van der Waals surface area contributed by atoms with Gasteiger partial charge in [-0.1, -0.05) is 24.3 Å². The van der Waals surface area contributed by atoms with E-state index >= 15 is 0 Å². The van der Waals surface area contributed by atoms with E-state index in [-0.39, 0.29) is 11.6 Å². The lowest BCUT2D eigenvalue weighted by Gasteiger charge is -1.97. The molecule has 3 aromatic carbocycles. The molecule has 24 heavy (non-hydrogen) atoms. The zero-order valence-electron chi connectivity index (χ0n) is 12.7. The van der Waals surface area contributed by atoms with Gasteiger partial charge in [0.2, 0.25) is 0 Å². The minimum Gasteiger partial charge on any atom is -0.256 e. The monoisotopic (exact) mass is 320 g/mol. The van der Waals surface area contributed by atoms with Crippen molar-refractivity contribution in [2.45, 2.75) is 0 Å². The zero-order valence-corrected chi connectivity index (χ0v) is 12.7. The summed E-state index contributed by atoms with van der Waals surface area (Å²) in [5.74, 6) is -0.536. The Morgan fingerprint density at radius 3 is 1.17 bits per heavy atom. The van der Waals surface area contributed by atoms with Crippen LogP contribution in [0.1, 0.15) is 11.1 Å². The van der Waals surface area contributed by atoms with Gasteiger partial charge in [-0.3, -0.25) is 9.98 Å². The van der Waals surface area contributed by atoms with E-state index in [2.05, 4.69) is 9.98 Å². The van der Waals surface area contributed by atoms with Gasteiger partial charge in [0.25, 0.3) is 0 Å². The fourth-order valence-corrected chi connectivity index (χ4v) is 2.02. The first-order valence-corrected chi connectivity index (χ1v) is 7.38. The van der Waals surface area contributed by atoms with Gasteiger partial charge in [0.15, 0.2) is 0 Å². The van der Waals surface area contributed by atoms with Crippen molar-refractivity contribution in [2.75, 3.05) is 0 Å². The van der Waals surface area contributed by atoms with Gasteiger partial charge < -0.3 is 0 Å². The summed E-state index contributed by atoms with van der Waals surface area (Å²) in [5.41, 5.74) is 3.21. The molecule has 0 aliphatic rings. The van der Waals surface area contributed by atoms with Crippen LogP contribution in [0.5, 0.6) is 0 Å². The number of aliphatic imine (C=N–C) groups is 2. The highest BCUT2D eigenvalue weighted by Crippen LogP contribution is 2.18. The molecular formula is C20H14F2N2. The number of benzene rings is 3. The topological polar surface area (TPSA) is 24.7 Å². The lowest BCUT2D eigenvalue weighted by Crippen LogP contribution is -1.81. The van der Waals surface area contributed by atoms with Crippen LogP contribution in [0.2, 0.25) is 0 Å². The third-order valence-electron chi connectivity index (χ3n) is 3.32. The zero-order chi connectivity index (χ0) is 16.8. The predicted octanol–water partition coefficient (Wildman–Crippen LogP) is 5.47. The summed E-state index contributed by atoms with van der Waals surface area (Å²) in [6.07, 6.45) is 3.35. The van der Waals surface area contributed by atoms with Crippen molar-refractivity contribution in [3.05, 3.63) is 95.6 Å². The second-order valence-electron chi connectivity index (χ2n) is 5.14. The summed E-state index contributed by atoms with van der Waals surface area (Å²) in [7, 11) is 0. The number of halogens is 2. The van der Waals surface area contributed by atoms with Gasteiger partial charge in [-0.2, -0.15) is 0 Å². The van der Waals surface area contributed by atoms with Gasteiger partial charge >= 0.3 is 0 Å². The van der Waals surface area contributed by atoms with Crippen LogP contribution in [0, 0.1) is 11.6 Å². The van der Waals surface area contributed by atoms with Crippen LogP contribution < -0.4 is 0 Å². The van der Waals surface area contributed by atoms with Crippen molar-refractivity contribution in [1.82, 2.24) is 0 Å². The number of hydrogen-bond donors (Lipinski definition) is 0. The summed E-state index contributed by atoms with van der Waals surface area (Å²) >= 11 is 0. The molecule has 0 fully saturated rings. The first kappa shape index (κ1) is 15.7. The molecule has 0 unspecified atom stereocenters. The molecule has 0 saturated heterocycles. The van der Waals surface area contributed by atoms with Crippen molar-refractivity contribution in [1.29, 1.82) is 0 Å². The van der Waals surface area contributed by atoms with E-state index in [0.29, 0.717) is 0 Å². The highest BCUT2D eigenvalue weighted by Gasteiger charge is 1.94. The third-order valence-corrected chi connectivity index (χ3v) is 3.32. The summed E-state index contributed by atoms with van der Waals surface area (Å²) in [6, 6.07) is 19.6. The number of rotatable bonds is 4. The minimum atomic E-state index is -0.268. The number of hydrogen-bond acceptors (Lipinski definition) is 2. The SMILES string of the molecule is Fc1ccc(C=Nc2ccc(N=Cc3ccc(F)cc3)cc2)cc1. The maximum Gasteiger partial charge on any atom is 0.123 e. The maximum atomic E-state index is 12.8. The van der Waals surface area contributed by atoms with E-state index in [0.717, 1.165) is 22.5 Å². The normalized spacial score (nSPS) is 11.4. The molecule has 118 valence electrons. The van der Waals surface area contributed by atoms with Gasteiger partial charge in [-0.25, -0.2) is 8.78 Å². The molecule has 3 aromatic rings. The van der Waals surface area contributed by atoms with Crippen LogP contribution in [0.4, 0.5) is 20.2 Å². The van der Waals surface area contributed by atoms with Crippen molar-refractivity contribution in [2.24, 2.45) is 9.98 Å². The Labute approximate surface area is 138 Å². The van der Waals surface area contributed by atoms with Crippen molar-refractivity contribution in [3.63, 3.8) is 0 Å². The van der Waals surface area contributed by atoms with Crippen LogP contribution in [0.3, 0.4) is 0 Å². The molecule has 3 rings (SSSR count). The average Bonchev–Trinajstić information content (AvgIpc) is 2.62. The van der Waals surface area contributed by atoms with Gasteiger partial charge in [-0.05, 0) is 59.7 Å². The molecule has 0 heterocycles. The molecule has 0 saturated carbocycles. The second-order valence-corrected chi connectivity index (χ2v) is 5.14. The Morgan fingerprint density at radius 2 is 0.833 bits per heavy atom. The standard InChI is InChI=1S/C20H14F2N2/c21-17-5-1-15(2-6-17)13-23-19-9-11-20(12-10-19)24-14-16-3-7-18(22)8-4-16/h1-14H. The quantitative estimate of drug-likeness (QED) is 0.570. The van der Waals surface area contributed by atoms with Crippen molar-refractivity contribution in [3.8, 4) is 0 Å². The fraction of sp³-hybridized carbons (Fsp3) is 0. The van der Waals surface area contributed by atoms with Crippen LogP contribution >= 0.6 is 0 Å². The first-order chi connectivity index (χ1) is 11.7. The van der Waals surface area contributed by atoms with Crippen molar-refractivity contribution < 1.29 is 8.78 Å². The molecule has 0 aliphatic heterocycles. The molecule has 0 aromatic heterocycles. The lowest BCUT2D eigenvalue weighted by molar-refractivity contribution is 0.627. The Morgan fingerprint density at radius 1 is 0.500 bits per heavy atom. The highest BCUT2D eigenvalue weighted by molar-refractivity contribution is 5.83. The molecule has 0 atom stereocenters. The molecule has 0 radical (unpaired) electrons. The van der Waals surface area contributed by atoms with E-state index in [9.17, 15) is 8.78 Å². The van der Waals surface area contributed by atoms with Gasteiger partial charge in [-0.15, -0.1) is 0 Å². The molecule has 0 bridgehead atoms. The Bertz CT molecular complexity index is 775. The van der Waals surface area contributed by atoms with Crippen LogP contribution in [0.25, 0.3) is 0 Å². The van der Waals surface area contributed by atoms with Gasteiger partial charge in [0.05, 0.1) is 11.4 Å². The molecule has 2 nitrogen and oxygen atoms in total. The first-order valence-electron chi connectivity index (χ1n) is 7.38. The predicted molar refractivity (Wildman–Crippen MR) is 93.8 cm³/mol. The smallest absolute Gasteiger partial charge is 0.123 e. The summed E-state index contributed by atoms with van der Waals surface area (Å²) in [6.45, 7) is 0. The fourth-order valence-electron chi connectivity index (χ4n) is 2.02. The molecular weight excluding hydrogens is 306 g/mol. The Hall–Kier alpha value is -3.14. The molecule has 0 N–H and O–H groups in total. The van der Waals surface area contributed by atoms with E-state index in [4.69, 9.17) is 0 Å². The largest absolute Gasteiger partial charge is 0.256 e. The Kier molecular flexibility index (Phi) is 4.87.